The SMILES string of the molecule is Cc1ccc(C/C=C/c2ccc3[nH]cc(NC(=O)C4CCC4)c3c2)cc1. The third-order valence-corrected chi connectivity index (χ3v) is 5.22. The van der Waals surface area contributed by atoms with Crippen molar-refractivity contribution in [2.75, 3.05) is 5.32 Å². The predicted molar refractivity (Wildman–Crippen MR) is 108 cm³/mol. The van der Waals surface area contributed by atoms with E-state index in [1.54, 1.807) is 0 Å². The lowest BCUT2D eigenvalue weighted by molar-refractivity contribution is -0.122. The average Bonchev–Trinajstić information content (AvgIpc) is 2.97. The highest BCUT2D eigenvalue weighted by Crippen LogP contribution is 2.30. The zero-order valence-electron chi connectivity index (χ0n) is 15.1. The Morgan fingerprint density at radius 3 is 2.73 bits per heavy atom. The minimum Gasteiger partial charge on any atom is -0.359 e. The van der Waals surface area contributed by atoms with Gasteiger partial charge in [-0.15, -0.1) is 0 Å². The number of benzene rings is 2. The summed E-state index contributed by atoms with van der Waals surface area (Å²) in [7, 11) is 0. The van der Waals surface area contributed by atoms with Gasteiger partial charge in [0.1, 0.15) is 0 Å². The van der Waals surface area contributed by atoms with Crippen molar-refractivity contribution >= 4 is 28.6 Å². The number of carbonyl (C=O) groups excluding carboxylic acids is 1. The van der Waals surface area contributed by atoms with E-state index in [9.17, 15) is 4.79 Å². The number of allylic oxidation sites excluding steroid dienone is 1. The predicted octanol–water partition coefficient (Wildman–Crippen LogP) is 5.47. The lowest BCUT2D eigenvalue weighted by atomic mass is 9.85. The van der Waals surface area contributed by atoms with Crippen molar-refractivity contribution in [3.05, 3.63) is 71.4 Å². The number of hydrogen-bond acceptors (Lipinski definition) is 1. The molecular weight excluding hydrogens is 320 g/mol. The molecule has 1 amide bonds. The second kappa shape index (κ2) is 7.20. The number of H-pyrrole nitrogens is 1. The molecule has 3 aromatic rings. The Morgan fingerprint density at radius 1 is 1.19 bits per heavy atom. The van der Waals surface area contributed by atoms with Crippen molar-refractivity contribution in [2.45, 2.75) is 32.6 Å². The molecule has 0 spiro atoms. The first kappa shape index (κ1) is 16.6. The van der Waals surface area contributed by atoms with Crippen LogP contribution in [0.2, 0.25) is 0 Å². The molecule has 1 aromatic heterocycles. The van der Waals surface area contributed by atoms with Gasteiger partial charge in [0, 0.05) is 23.0 Å². The van der Waals surface area contributed by atoms with Crippen molar-refractivity contribution in [1.29, 1.82) is 0 Å². The standard InChI is InChI=1S/C23H24N2O/c1-16-8-10-17(11-9-16)4-2-5-18-12-13-21-20(14-18)22(15-24-21)25-23(26)19-6-3-7-19/h2,5,8-15,19,24H,3-4,6-7H2,1H3,(H,25,26)/b5-2+. The van der Waals surface area contributed by atoms with E-state index >= 15 is 0 Å². The number of aromatic nitrogens is 1. The summed E-state index contributed by atoms with van der Waals surface area (Å²) in [5, 5.41) is 4.15. The van der Waals surface area contributed by atoms with Gasteiger partial charge in [-0.05, 0) is 49.4 Å². The van der Waals surface area contributed by atoms with E-state index in [2.05, 4.69) is 71.8 Å². The first-order valence-electron chi connectivity index (χ1n) is 9.33. The lowest BCUT2D eigenvalue weighted by Gasteiger charge is -2.23. The van der Waals surface area contributed by atoms with Gasteiger partial charge in [-0.2, -0.15) is 0 Å². The highest BCUT2D eigenvalue weighted by molar-refractivity contribution is 6.03. The zero-order chi connectivity index (χ0) is 17.9. The smallest absolute Gasteiger partial charge is 0.227 e. The molecule has 0 unspecified atom stereocenters. The van der Waals surface area contributed by atoms with Gasteiger partial charge in [-0.1, -0.05) is 54.5 Å². The van der Waals surface area contributed by atoms with Crippen molar-refractivity contribution in [2.24, 2.45) is 5.92 Å². The quantitative estimate of drug-likeness (QED) is 0.633. The summed E-state index contributed by atoms with van der Waals surface area (Å²) in [6.45, 7) is 2.10. The molecule has 4 rings (SSSR count). The Kier molecular flexibility index (Phi) is 4.61. The molecule has 1 saturated carbocycles. The number of fused-ring (bicyclic) bond motifs is 1. The number of hydrogen-bond donors (Lipinski definition) is 2. The first-order valence-corrected chi connectivity index (χ1v) is 9.33. The van der Waals surface area contributed by atoms with Gasteiger partial charge in [0.05, 0.1) is 5.69 Å². The van der Waals surface area contributed by atoms with Gasteiger partial charge in [-0.25, -0.2) is 0 Å². The summed E-state index contributed by atoms with van der Waals surface area (Å²) in [5.74, 6) is 0.343. The van der Waals surface area contributed by atoms with Crippen molar-refractivity contribution in [3.8, 4) is 0 Å². The molecule has 0 aliphatic heterocycles. The Hall–Kier alpha value is -2.81. The van der Waals surface area contributed by atoms with E-state index in [1.165, 1.54) is 17.5 Å². The summed E-state index contributed by atoms with van der Waals surface area (Å²) in [5.41, 5.74) is 5.66. The number of rotatable bonds is 5. The van der Waals surface area contributed by atoms with Gasteiger partial charge in [-0.3, -0.25) is 4.79 Å². The van der Waals surface area contributed by atoms with E-state index in [4.69, 9.17) is 0 Å². The van der Waals surface area contributed by atoms with Crippen molar-refractivity contribution < 1.29 is 4.79 Å². The molecular formula is C23H24N2O. The maximum Gasteiger partial charge on any atom is 0.227 e. The molecule has 0 bridgehead atoms. The minimum atomic E-state index is 0.150. The largest absolute Gasteiger partial charge is 0.359 e. The number of nitrogens with one attached hydrogen (secondary N) is 2. The first-order chi connectivity index (χ1) is 12.7. The fourth-order valence-corrected chi connectivity index (χ4v) is 3.31. The van der Waals surface area contributed by atoms with E-state index < -0.39 is 0 Å². The summed E-state index contributed by atoms with van der Waals surface area (Å²) in [6, 6.07) is 14.9. The van der Waals surface area contributed by atoms with Crippen LogP contribution in [-0.2, 0) is 11.2 Å². The Morgan fingerprint density at radius 2 is 2.00 bits per heavy atom. The fraction of sp³-hybridized carbons (Fsp3) is 0.261. The monoisotopic (exact) mass is 344 g/mol. The molecule has 3 nitrogen and oxygen atoms in total. The van der Waals surface area contributed by atoms with Gasteiger partial charge in [0.15, 0.2) is 0 Å². The highest BCUT2D eigenvalue weighted by Gasteiger charge is 2.25. The summed E-state index contributed by atoms with van der Waals surface area (Å²) in [4.78, 5) is 15.5. The Bertz CT molecular complexity index is 946. The molecule has 0 radical (unpaired) electrons. The maximum atomic E-state index is 12.2. The summed E-state index contributed by atoms with van der Waals surface area (Å²) in [6.07, 6.45) is 10.3. The molecule has 132 valence electrons. The normalized spacial score (nSPS) is 14.7. The molecule has 0 saturated heterocycles. The molecule has 2 N–H and O–H groups in total. The minimum absolute atomic E-state index is 0.150. The number of anilines is 1. The second-order valence-corrected chi connectivity index (χ2v) is 7.22. The molecule has 1 heterocycles. The Balaban J connectivity index is 1.48. The van der Waals surface area contributed by atoms with Crippen molar-refractivity contribution in [1.82, 2.24) is 4.98 Å². The van der Waals surface area contributed by atoms with Gasteiger partial charge in [0.2, 0.25) is 5.91 Å². The lowest BCUT2D eigenvalue weighted by Crippen LogP contribution is -2.27. The van der Waals surface area contributed by atoms with Crippen LogP contribution in [0.25, 0.3) is 17.0 Å². The van der Waals surface area contributed by atoms with Crippen molar-refractivity contribution in [3.63, 3.8) is 0 Å². The van der Waals surface area contributed by atoms with Crippen LogP contribution in [-0.4, -0.2) is 10.9 Å². The van der Waals surface area contributed by atoms with E-state index in [1.807, 2.05) is 6.20 Å². The fourth-order valence-electron chi connectivity index (χ4n) is 3.31. The zero-order valence-corrected chi connectivity index (χ0v) is 15.1. The molecule has 26 heavy (non-hydrogen) atoms. The van der Waals surface area contributed by atoms with Crippen LogP contribution < -0.4 is 5.32 Å². The second-order valence-electron chi connectivity index (χ2n) is 7.22. The number of carbonyl (C=O) groups is 1. The van der Waals surface area contributed by atoms with Crippen LogP contribution in [0.3, 0.4) is 0 Å². The van der Waals surface area contributed by atoms with Gasteiger partial charge in [0.25, 0.3) is 0 Å². The molecule has 1 aliphatic rings. The summed E-state index contributed by atoms with van der Waals surface area (Å²) >= 11 is 0. The molecule has 3 heteroatoms. The summed E-state index contributed by atoms with van der Waals surface area (Å²) < 4.78 is 0. The molecule has 2 aromatic carbocycles. The van der Waals surface area contributed by atoms with E-state index in [0.29, 0.717) is 0 Å². The van der Waals surface area contributed by atoms with Crippen LogP contribution in [0.1, 0.15) is 36.0 Å². The third-order valence-electron chi connectivity index (χ3n) is 5.22. The number of aryl methyl sites for hydroxylation is 1. The number of aromatic amines is 1. The molecule has 1 fully saturated rings. The molecule has 1 aliphatic carbocycles. The molecule has 0 atom stereocenters. The van der Waals surface area contributed by atoms with E-state index in [0.717, 1.165) is 41.4 Å². The van der Waals surface area contributed by atoms with Crippen LogP contribution in [0, 0.1) is 12.8 Å². The van der Waals surface area contributed by atoms with Gasteiger partial charge >= 0.3 is 0 Å². The number of amides is 1. The topological polar surface area (TPSA) is 44.9 Å². The maximum absolute atomic E-state index is 12.2. The average molecular weight is 344 g/mol. The van der Waals surface area contributed by atoms with Gasteiger partial charge < -0.3 is 10.3 Å². The van der Waals surface area contributed by atoms with E-state index in [-0.39, 0.29) is 11.8 Å². The highest BCUT2D eigenvalue weighted by atomic mass is 16.1. The van der Waals surface area contributed by atoms with Crippen LogP contribution in [0.15, 0.2) is 54.7 Å². The third kappa shape index (κ3) is 3.57. The van der Waals surface area contributed by atoms with Crippen LogP contribution in [0.4, 0.5) is 5.69 Å². The van der Waals surface area contributed by atoms with Crippen LogP contribution in [0.5, 0.6) is 0 Å². The Labute approximate surface area is 154 Å². The van der Waals surface area contributed by atoms with Crippen LogP contribution >= 0.6 is 0 Å².